The molecule has 1 amide bonds. The molecule has 24 heavy (non-hydrogen) atoms. The van der Waals surface area contributed by atoms with Crippen molar-refractivity contribution >= 4 is 21.6 Å². The van der Waals surface area contributed by atoms with Crippen LogP contribution in [-0.2, 0) is 10.0 Å². The molecule has 0 radical (unpaired) electrons. The number of anilines is 1. The van der Waals surface area contributed by atoms with Crippen LogP contribution in [0.4, 0.5) is 5.69 Å². The molecule has 0 atom stereocenters. The second-order valence-corrected chi connectivity index (χ2v) is 7.29. The van der Waals surface area contributed by atoms with Crippen molar-refractivity contribution in [1.29, 1.82) is 0 Å². The van der Waals surface area contributed by atoms with Crippen molar-refractivity contribution in [2.75, 3.05) is 11.8 Å². The van der Waals surface area contributed by atoms with E-state index in [-0.39, 0.29) is 16.8 Å². The Bertz CT molecular complexity index is 843. The van der Waals surface area contributed by atoms with Crippen LogP contribution in [0, 0.1) is 0 Å². The summed E-state index contributed by atoms with van der Waals surface area (Å²) in [6.45, 7) is 0. The van der Waals surface area contributed by atoms with Crippen molar-refractivity contribution < 1.29 is 17.9 Å². The summed E-state index contributed by atoms with van der Waals surface area (Å²) in [6, 6.07) is 12.8. The van der Waals surface area contributed by atoms with Gasteiger partial charge < -0.3 is 10.1 Å². The summed E-state index contributed by atoms with van der Waals surface area (Å²) >= 11 is 0. The average Bonchev–Trinajstić information content (AvgIpc) is 3.39. The van der Waals surface area contributed by atoms with Gasteiger partial charge in [-0.3, -0.25) is 9.52 Å². The number of sulfonamides is 1. The van der Waals surface area contributed by atoms with E-state index in [0.717, 1.165) is 12.8 Å². The van der Waals surface area contributed by atoms with E-state index in [1.54, 1.807) is 36.4 Å². The number of amides is 1. The maximum atomic E-state index is 12.5. The topological polar surface area (TPSA) is 84.5 Å². The molecular weight excluding hydrogens is 328 g/mol. The number of hydrogen-bond donors (Lipinski definition) is 2. The predicted molar refractivity (Wildman–Crippen MR) is 90.7 cm³/mol. The highest BCUT2D eigenvalue weighted by atomic mass is 32.2. The minimum absolute atomic E-state index is 0.0433. The highest BCUT2D eigenvalue weighted by Crippen LogP contribution is 2.21. The van der Waals surface area contributed by atoms with Gasteiger partial charge in [0.05, 0.1) is 12.0 Å². The second kappa shape index (κ2) is 6.52. The third kappa shape index (κ3) is 3.86. The van der Waals surface area contributed by atoms with Gasteiger partial charge in [-0.2, -0.15) is 0 Å². The third-order valence-corrected chi connectivity index (χ3v) is 5.04. The summed E-state index contributed by atoms with van der Waals surface area (Å²) in [6.07, 6.45) is 1.95. The molecule has 2 N–H and O–H groups in total. The van der Waals surface area contributed by atoms with Crippen molar-refractivity contribution in [3.05, 3.63) is 54.1 Å². The van der Waals surface area contributed by atoms with Crippen LogP contribution in [0.15, 0.2) is 53.4 Å². The van der Waals surface area contributed by atoms with Crippen LogP contribution in [-0.4, -0.2) is 27.5 Å². The quantitative estimate of drug-likeness (QED) is 0.841. The lowest BCUT2D eigenvalue weighted by Crippen LogP contribution is -2.25. The number of nitrogens with one attached hydrogen (secondary N) is 2. The molecule has 1 aliphatic carbocycles. The van der Waals surface area contributed by atoms with Gasteiger partial charge in [0.15, 0.2) is 0 Å². The Hall–Kier alpha value is -2.54. The lowest BCUT2D eigenvalue weighted by atomic mass is 10.2. The van der Waals surface area contributed by atoms with E-state index < -0.39 is 10.0 Å². The Morgan fingerprint density at radius 1 is 1.12 bits per heavy atom. The lowest BCUT2D eigenvalue weighted by molar-refractivity contribution is 0.0951. The molecule has 1 fully saturated rings. The van der Waals surface area contributed by atoms with Gasteiger partial charge >= 0.3 is 0 Å². The van der Waals surface area contributed by atoms with Gasteiger partial charge in [-0.05, 0) is 55.3 Å². The zero-order chi connectivity index (χ0) is 17.2. The van der Waals surface area contributed by atoms with Crippen LogP contribution >= 0.6 is 0 Å². The lowest BCUT2D eigenvalue weighted by Gasteiger charge is -2.10. The van der Waals surface area contributed by atoms with E-state index in [4.69, 9.17) is 4.74 Å². The van der Waals surface area contributed by atoms with Crippen molar-refractivity contribution in [3.8, 4) is 5.75 Å². The molecule has 7 heteroatoms. The fourth-order valence-electron chi connectivity index (χ4n) is 2.17. The summed E-state index contributed by atoms with van der Waals surface area (Å²) in [5.74, 6) is 0.385. The largest absolute Gasteiger partial charge is 0.497 e. The molecule has 1 aliphatic rings. The van der Waals surface area contributed by atoms with E-state index in [0.29, 0.717) is 17.0 Å². The van der Waals surface area contributed by atoms with E-state index >= 15 is 0 Å². The third-order valence-electron chi connectivity index (χ3n) is 3.66. The predicted octanol–water partition coefficient (Wildman–Crippen LogP) is 2.39. The Balaban J connectivity index is 1.79. The molecule has 0 bridgehead atoms. The van der Waals surface area contributed by atoms with Gasteiger partial charge in [-0.15, -0.1) is 0 Å². The van der Waals surface area contributed by atoms with Crippen LogP contribution in [0.1, 0.15) is 23.2 Å². The standard InChI is InChI=1S/C17H18N2O4S/c1-23-15-9-7-14(8-10-15)19-24(21,22)16-4-2-3-12(11-16)17(20)18-13-5-6-13/h2-4,7-11,13,19H,5-6H2,1H3,(H,18,20). The van der Waals surface area contributed by atoms with Gasteiger partial charge in [0.25, 0.3) is 15.9 Å². The highest BCUT2D eigenvalue weighted by Gasteiger charge is 2.24. The number of carbonyl (C=O) groups excluding carboxylic acids is 1. The number of rotatable bonds is 6. The molecule has 3 rings (SSSR count). The fraction of sp³-hybridized carbons (Fsp3) is 0.235. The number of ether oxygens (including phenoxy) is 1. The summed E-state index contributed by atoms with van der Waals surface area (Å²) in [7, 11) is -2.23. The summed E-state index contributed by atoms with van der Waals surface area (Å²) in [5.41, 5.74) is 0.753. The summed E-state index contributed by atoms with van der Waals surface area (Å²) in [4.78, 5) is 12.1. The molecule has 0 aliphatic heterocycles. The van der Waals surface area contributed by atoms with Crippen LogP contribution in [0.2, 0.25) is 0 Å². The van der Waals surface area contributed by atoms with E-state index in [1.165, 1.54) is 19.2 Å². The normalized spacial score (nSPS) is 14.0. The maximum Gasteiger partial charge on any atom is 0.261 e. The molecule has 0 spiro atoms. The zero-order valence-electron chi connectivity index (χ0n) is 13.2. The molecule has 2 aromatic carbocycles. The molecule has 0 unspecified atom stereocenters. The van der Waals surface area contributed by atoms with Gasteiger partial charge in [-0.1, -0.05) is 6.07 Å². The molecule has 1 saturated carbocycles. The SMILES string of the molecule is COc1ccc(NS(=O)(=O)c2cccc(C(=O)NC3CC3)c2)cc1. The van der Waals surface area contributed by atoms with Crippen molar-refractivity contribution in [1.82, 2.24) is 5.32 Å². The van der Waals surface area contributed by atoms with Gasteiger partial charge in [0.2, 0.25) is 0 Å². The molecule has 126 valence electrons. The second-order valence-electron chi connectivity index (χ2n) is 5.61. The van der Waals surface area contributed by atoms with Gasteiger partial charge in [0.1, 0.15) is 5.75 Å². The van der Waals surface area contributed by atoms with Crippen molar-refractivity contribution in [2.24, 2.45) is 0 Å². The van der Waals surface area contributed by atoms with E-state index in [1.807, 2.05) is 0 Å². The average molecular weight is 346 g/mol. The van der Waals surface area contributed by atoms with Crippen molar-refractivity contribution in [2.45, 2.75) is 23.8 Å². The Labute approximate surface area is 140 Å². The number of carbonyl (C=O) groups is 1. The molecule has 6 nitrogen and oxygen atoms in total. The number of methoxy groups -OCH3 is 1. The first-order valence-corrected chi connectivity index (χ1v) is 9.04. The highest BCUT2D eigenvalue weighted by molar-refractivity contribution is 7.92. The first kappa shape index (κ1) is 16.3. The Morgan fingerprint density at radius 3 is 2.46 bits per heavy atom. The Morgan fingerprint density at radius 2 is 1.83 bits per heavy atom. The van der Waals surface area contributed by atoms with Crippen molar-refractivity contribution in [3.63, 3.8) is 0 Å². The number of benzene rings is 2. The minimum Gasteiger partial charge on any atom is -0.497 e. The van der Waals surface area contributed by atoms with Crippen LogP contribution in [0.3, 0.4) is 0 Å². The first-order valence-electron chi connectivity index (χ1n) is 7.56. The van der Waals surface area contributed by atoms with E-state index in [2.05, 4.69) is 10.0 Å². The first-order chi connectivity index (χ1) is 11.5. The van der Waals surface area contributed by atoms with Crippen LogP contribution < -0.4 is 14.8 Å². The van der Waals surface area contributed by atoms with Gasteiger partial charge in [-0.25, -0.2) is 8.42 Å². The zero-order valence-corrected chi connectivity index (χ0v) is 14.0. The maximum absolute atomic E-state index is 12.5. The minimum atomic E-state index is -3.77. The molecule has 2 aromatic rings. The van der Waals surface area contributed by atoms with Crippen LogP contribution in [0.25, 0.3) is 0 Å². The Kier molecular flexibility index (Phi) is 4.44. The molecule has 0 saturated heterocycles. The monoisotopic (exact) mass is 346 g/mol. The van der Waals surface area contributed by atoms with Crippen LogP contribution in [0.5, 0.6) is 5.75 Å². The summed E-state index contributed by atoms with van der Waals surface area (Å²) in [5, 5.41) is 2.84. The number of hydrogen-bond acceptors (Lipinski definition) is 4. The summed E-state index contributed by atoms with van der Waals surface area (Å²) < 4.78 is 32.5. The molecule has 0 aromatic heterocycles. The van der Waals surface area contributed by atoms with E-state index in [9.17, 15) is 13.2 Å². The molecular formula is C17H18N2O4S. The van der Waals surface area contributed by atoms with Gasteiger partial charge in [0, 0.05) is 17.3 Å². The fourth-order valence-corrected chi connectivity index (χ4v) is 3.28. The smallest absolute Gasteiger partial charge is 0.261 e. The molecule has 0 heterocycles.